The van der Waals surface area contributed by atoms with E-state index >= 15 is 0 Å². The lowest BCUT2D eigenvalue weighted by atomic mass is 10.1. The Kier molecular flexibility index (Phi) is 5.87. The minimum Gasteiger partial charge on any atom is -0.492 e. The summed E-state index contributed by atoms with van der Waals surface area (Å²) in [7, 11) is 0. The van der Waals surface area contributed by atoms with Crippen LogP contribution in [-0.2, 0) is 0 Å². The highest BCUT2D eigenvalue weighted by atomic mass is 35.5. The number of rotatable bonds is 8. The molecule has 0 fully saturated rings. The molecule has 0 aliphatic carbocycles. The van der Waals surface area contributed by atoms with E-state index in [4.69, 9.17) is 21.4 Å². The normalized spacial score (nSPS) is 12.4. The number of hydrogen-bond donors (Lipinski definition) is 2. The molecule has 1 unspecified atom stereocenters. The monoisotopic (exact) mass is 445 g/mol. The zero-order chi connectivity index (χ0) is 21.3. The molecule has 0 aliphatic heterocycles. The molecule has 1 aromatic carbocycles. The molecule has 10 heteroatoms. The van der Waals surface area contributed by atoms with E-state index in [1.807, 2.05) is 11.3 Å². The topological polar surface area (TPSA) is 97.7 Å². The van der Waals surface area contributed by atoms with Crippen LogP contribution in [0.5, 0.6) is 5.75 Å². The smallest absolute Gasteiger partial charge is 0.141 e. The van der Waals surface area contributed by atoms with Crippen LogP contribution in [0.3, 0.4) is 0 Å². The molecular weight excluding hydrogens is 426 g/mol. The molecule has 0 saturated heterocycles. The second kappa shape index (κ2) is 8.57. The number of allylic oxidation sites excluding steroid dienone is 1. The molecule has 0 bridgehead atoms. The SMILES string of the molecule is C=C(C)c1sc2cncn2c1C(O)c1cn(-c2ccc(OCCCO)c(Cl)c2)nn1. The lowest BCUT2D eigenvalue weighted by molar-refractivity contribution is 0.209. The molecule has 0 radical (unpaired) electrons. The van der Waals surface area contributed by atoms with Crippen LogP contribution in [0.2, 0.25) is 5.02 Å². The quantitative estimate of drug-likeness (QED) is 0.403. The number of aliphatic hydroxyl groups excluding tert-OH is 2. The minimum absolute atomic E-state index is 0.0579. The molecule has 0 saturated carbocycles. The first kappa shape index (κ1) is 20.5. The fourth-order valence-corrected chi connectivity index (χ4v) is 4.32. The Morgan fingerprint density at radius 3 is 2.97 bits per heavy atom. The first-order valence-corrected chi connectivity index (χ1v) is 10.4. The van der Waals surface area contributed by atoms with E-state index in [0.29, 0.717) is 40.9 Å². The van der Waals surface area contributed by atoms with Crippen molar-refractivity contribution in [2.24, 2.45) is 0 Å². The highest BCUT2D eigenvalue weighted by Gasteiger charge is 2.24. The maximum atomic E-state index is 11.0. The minimum atomic E-state index is -0.995. The second-order valence-corrected chi connectivity index (χ2v) is 8.17. The van der Waals surface area contributed by atoms with Crippen LogP contribution >= 0.6 is 22.9 Å². The van der Waals surface area contributed by atoms with Crippen molar-refractivity contribution >= 4 is 33.3 Å². The number of hydrogen-bond acceptors (Lipinski definition) is 7. The maximum Gasteiger partial charge on any atom is 0.141 e. The van der Waals surface area contributed by atoms with Gasteiger partial charge in [-0.1, -0.05) is 23.4 Å². The van der Waals surface area contributed by atoms with Crippen molar-refractivity contribution in [1.29, 1.82) is 0 Å². The number of imidazole rings is 1. The second-order valence-electron chi connectivity index (χ2n) is 6.73. The van der Waals surface area contributed by atoms with Gasteiger partial charge >= 0.3 is 0 Å². The van der Waals surface area contributed by atoms with E-state index in [1.165, 1.54) is 11.3 Å². The predicted octanol–water partition coefficient (Wildman–Crippen LogP) is 3.51. The Morgan fingerprint density at radius 1 is 1.40 bits per heavy atom. The average Bonchev–Trinajstić information content (AvgIpc) is 3.44. The molecule has 4 rings (SSSR count). The summed E-state index contributed by atoms with van der Waals surface area (Å²) in [6.07, 6.45) is 4.60. The standard InChI is InChI=1S/C20H20ClN5O3S/c1-12(2)20-18(25-11-22-9-17(25)30-20)19(28)15-10-26(24-23-15)13-4-5-16(14(21)8-13)29-7-3-6-27/h4-5,8-11,19,27-28H,1,3,6-7H2,2H3. The molecular formula is C20H20ClN5O3S. The summed E-state index contributed by atoms with van der Waals surface area (Å²) < 4.78 is 8.92. The van der Waals surface area contributed by atoms with Crippen LogP contribution in [0.15, 0.2) is 43.5 Å². The summed E-state index contributed by atoms with van der Waals surface area (Å²) in [6, 6.07) is 5.24. The van der Waals surface area contributed by atoms with E-state index in [-0.39, 0.29) is 6.61 Å². The highest BCUT2D eigenvalue weighted by Crippen LogP contribution is 2.35. The number of nitrogens with zero attached hydrogens (tertiary/aromatic N) is 5. The molecule has 8 nitrogen and oxygen atoms in total. The van der Waals surface area contributed by atoms with Gasteiger partial charge in [0.2, 0.25) is 0 Å². The van der Waals surface area contributed by atoms with Crippen LogP contribution < -0.4 is 4.74 Å². The fraction of sp³-hybridized carbons (Fsp3) is 0.250. The number of ether oxygens (including phenoxy) is 1. The van der Waals surface area contributed by atoms with Crippen LogP contribution in [0, 0.1) is 0 Å². The number of halogens is 1. The van der Waals surface area contributed by atoms with Gasteiger partial charge in [-0.05, 0) is 30.7 Å². The van der Waals surface area contributed by atoms with Gasteiger partial charge in [-0.25, -0.2) is 9.67 Å². The lowest BCUT2D eigenvalue weighted by Crippen LogP contribution is -2.05. The largest absolute Gasteiger partial charge is 0.492 e. The zero-order valence-electron chi connectivity index (χ0n) is 16.2. The first-order valence-electron chi connectivity index (χ1n) is 9.24. The number of aromatic nitrogens is 5. The number of thiazole rings is 1. The molecule has 2 N–H and O–H groups in total. The van der Waals surface area contributed by atoms with E-state index in [9.17, 15) is 5.11 Å². The predicted molar refractivity (Wildman–Crippen MR) is 115 cm³/mol. The van der Waals surface area contributed by atoms with E-state index in [2.05, 4.69) is 21.9 Å². The van der Waals surface area contributed by atoms with Gasteiger partial charge in [-0.15, -0.1) is 16.4 Å². The Hall–Kier alpha value is -2.72. The Bertz CT molecular complexity index is 1200. The zero-order valence-corrected chi connectivity index (χ0v) is 17.8. The first-order chi connectivity index (χ1) is 14.5. The molecule has 0 amide bonds. The number of benzene rings is 1. The van der Waals surface area contributed by atoms with Crippen molar-refractivity contribution in [3.05, 3.63) is 64.8 Å². The van der Waals surface area contributed by atoms with Crippen molar-refractivity contribution in [3.63, 3.8) is 0 Å². The van der Waals surface area contributed by atoms with Crippen LogP contribution in [0.4, 0.5) is 0 Å². The van der Waals surface area contributed by atoms with Gasteiger partial charge in [0.05, 0.1) is 40.3 Å². The third kappa shape index (κ3) is 3.84. The van der Waals surface area contributed by atoms with Crippen molar-refractivity contribution < 1.29 is 14.9 Å². The van der Waals surface area contributed by atoms with Gasteiger partial charge in [0, 0.05) is 13.0 Å². The van der Waals surface area contributed by atoms with Crippen LogP contribution in [0.25, 0.3) is 16.1 Å². The van der Waals surface area contributed by atoms with Crippen molar-refractivity contribution in [2.45, 2.75) is 19.4 Å². The maximum absolute atomic E-state index is 11.0. The number of aliphatic hydroxyl groups is 2. The molecule has 0 spiro atoms. The molecule has 30 heavy (non-hydrogen) atoms. The molecule has 3 aromatic heterocycles. The summed E-state index contributed by atoms with van der Waals surface area (Å²) in [5.74, 6) is 0.529. The van der Waals surface area contributed by atoms with E-state index < -0.39 is 6.10 Å². The Labute approximate surface area is 181 Å². The third-order valence-electron chi connectivity index (χ3n) is 4.48. The van der Waals surface area contributed by atoms with Crippen molar-refractivity contribution in [3.8, 4) is 11.4 Å². The highest BCUT2D eigenvalue weighted by molar-refractivity contribution is 7.18. The Morgan fingerprint density at radius 2 is 2.23 bits per heavy atom. The lowest BCUT2D eigenvalue weighted by Gasteiger charge is -2.10. The molecule has 0 aliphatic rings. The van der Waals surface area contributed by atoms with Crippen LogP contribution in [0.1, 0.15) is 35.7 Å². The van der Waals surface area contributed by atoms with Gasteiger partial charge < -0.3 is 14.9 Å². The van der Waals surface area contributed by atoms with Crippen LogP contribution in [-0.4, -0.2) is 47.8 Å². The summed E-state index contributed by atoms with van der Waals surface area (Å²) in [5, 5.41) is 28.6. The Balaban J connectivity index is 1.62. The van der Waals surface area contributed by atoms with Gasteiger partial charge in [-0.3, -0.25) is 4.40 Å². The number of fused-ring (bicyclic) bond motifs is 1. The molecule has 3 heterocycles. The van der Waals surface area contributed by atoms with Gasteiger partial charge in [0.1, 0.15) is 28.7 Å². The average molecular weight is 446 g/mol. The summed E-state index contributed by atoms with van der Waals surface area (Å²) in [6.45, 7) is 6.36. The van der Waals surface area contributed by atoms with E-state index in [0.717, 1.165) is 15.3 Å². The summed E-state index contributed by atoms with van der Waals surface area (Å²) in [5.41, 5.74) is 2.59. The summed E-state index contributed by atoms with van der Waals surface area (Å²) in [4.78, 5) is 5.95. The van der Waals surface area contributed by atoms with E-state index in [1.54, 1.807) is 41.6 Å². The van der Waals surface area contributed by atoms with Gasteiger partial charge in [-0.2, -0.15) is 0 Å². The molecule has 1 atom stereocenters. The van der Waals surface area contributed by atoms with Crippen molar-refractivity contribution in [2.75, 3.05) is 13.2 Å². The summed E-state index contributed by atoms with van der Waals surface area (Å²) >= 11 is 7.82. The van der Waals surface area contributed by atoms with Crippen molar-refractivity contribution in [1.82, 2.24) is 24.4 Å². The van der Waals surface area contributed by atoms with Gasteiger partial charge in [0.15, 0.2) is 0 Å². The fourth-order valence-electron chi connectivity index (χ4n) is 3.03. The third-order valence-corrected chi connectivity index (χ3v) is 6.05. The van der Waals surface area contributed by atoms with Gasteiger partial charge in [0.25, 0.3) is 0 Å². The molecule has 156 valence electrons. The molecule has 4 aromatic rings.